The summed E-state index contributed by atoms with van der Waals surface area (Å²) in [4.78, 5) is 8.52. The second kappa shape index (κ2) is 5.76. The Balaban J connectivity index is 2.46. The van der Waals surface area contributed by atoms with E-state index in [2.05, 4.69) is 32.8 Å². The van der Waals surface area contributed by atoms with Crippen LogP contribution in [0.25, 0.3) is 11.4 Å². The van der Waals surface area contributed by atoms with Gasteiger partial charge in [0.15, 0.2) is 5.82 Å². The number of hydrogen-bond acceptors (Lipinski definition) is 2. The largest absolute Gasteiger partial charge is 0.233 e. The van der Waals surface area contributed by atoms with E-state index in [-0.39, 0.29) is 5.82 Å². The average Bonchev–Trinajstić information content (AvgIpc) is 2.32. The second-order valence-corrected chi connectivity index (χ2v) is 5.13. The van der Waals surface area contributed by atoms with Gasteiger partial charge in [-0.3, -0.25) is 0 Å². The van der Waals surface area contributed by atoms with Crippen LogP contribution in [-0.4, -0.2) is 9.97 Å². The van der Waals surface area contributed by atoms with Gasteiger partial charge < -0.3 is 0 Å². The Morgan fingerprint density at radius 2 is 2.06 bits per heavy atom. The first-order chi connectivity index (χ1) is 8.60. The molecule has 0 radical (unpaired) electrons. The summed E-state index contributed by atoms with van der Waals surface area (Å²) < 4.78 is 13.9. The Hall–Kier alpha value is -1.00. The van der Waals surface area contributed by atoms with Crippen LogP contribution in [0.15, 0.2) is 28.7 Å². The first kappa shape index (κ1) is 13.4. The third kappa shape index (κ3) is 3.06. The molecule has 0 amide bonds. The molecule has 2 aromatic rings. The predicted octanol–water partition coefficient (Wildman–Crippen LogP) is 4.65. The molecule has 1 aromatic carbocycles. The molecule has 18 heavy (non-hydrogen) atoms. The molecule has 0 bridgehead atoms. The highest BCUT2D eigenvalue weighted by atomic mass is 79.9. The molecule has 0 spiro atoms. The van der Waals surface area contributed by atoms with Gasteiger partial charge in [-0.2, -0.15) is 0 Å². The molecule has 0 atom stereocenters. The average molecular weight is 330 g/mol. The molecule has 2 rings (SSSR count). The van der Waals surface area contributed by atoms with E-state index < -0.39 is 0 Å². The van der Waals surface area contributed by atoms with Crippen LogP contribution in [0, 0.1) is 5.82 Å². The van der Waals surface area contributed by atoms with Crippen LogP contribution in [0.1, 0.15) is 19.0 Å². The van der Waals surface area contributed by atoms with Crippen LogP contribution in [-0.2, 0) is 6.42 Å². The second-order valence-electron chi connectivity index (χ2n) is 3.88. The standard InChI is InChI=1S/C13H11BrClFN2/c1-2-3-9-7-12(15)18-13(17-9)8-4-5-10(14)11(16)6-8/h4-7H,2-3H2,1H3. The number of aromatic nitrogens is 2. The van der Waals surface area contributed by atoms with E-state index in [1.807, 2.05) is 0 Å². The SMILES string of the molecule is CCCc1cc(Cl)nc(-c2ccc(Br)c(F)c2)n1. The predicted molar refractivity (Wildman–Crippen MR) is 74.1 cm³/mol. The Bertz CT molecular complexity index is 575. The lowest BCUT2D eigenvalue weighted by atomic mass is 10.2. The minimum Gasteiger partial charge on any atom is -0.233 e. The fourth-order valence-corrected chi connectivity index (χ4v) is 2.07. The summed E-state index contributed by atoms with van der Waals surface area (Å²) in [6.45, 7) is 2.06. The van der Waals surface area contributed by atoms with Crippen LogP contribution >= 0.6 is 27.5 Å². The molecule has 0 fully saturated rings. The normalized spacial score (nSPS) is 10.7. The summed E-state index contributed by atoms with van der Waals surface area (Å²) in [5, 5.41) is 0.381. The summed E-state index contributed by atoms with van der Waals surface area (Å²) in [5.41, 5.74) is 1.49. The highest BCUT2D eigenvalue weighted by molar-refractivity contribution is 9.10. The Morgan fingerprint density at radius 3 is 2.72 bits per heavy atom. The van der Waals surface area contributed by atoms with Gasteiger partial charge in [0.2, 0.25) is 0 Å². The highest BCUT2D eigenvalue weighted by Gasteiger charge is 2.08. The molecule has 0 saturated heterocycles. The molecule has 2 nitrogen and oxygen atoms in total. The van der Waals surface area contributed by atoms with Crippen molar-refractivity contribution >= 4 is 27.5 Å². The van der Waals surface area contributed by atoms with Gasteiger partial charge in [-0.15, -0.1) is 0 Å². The van der Waals surface area contributed by atoms with E-state index in [4.69, 9.17) is 11.6 Å². The lowest BCUT2D eigenvalue weighted by Crippen LogP contribution is -1.96. The molecular formula is C13H11BrClFN2. The van der Waals surface area contributed by atoms with Gasteiger partial charge in [0.05, 0.1) is 4.47 Å². The monoisotopic (exact) mass is 328 g/mol. The molecule has 1 aromatic heterocycles. The Labute approximate surface area is 118 Å². The van der Waals surface area contributed by atoms with Crippen LogP contribution in [0.2, 0.25) is 5.15 Å². The molecule has 0 aliphatic carbocycles. The van der Waals surface area contributed by atoms with Crippen molar-refractivity contribution < 1.29 is 4.39 Å². The van der Waals surface area contributed by atoms with Gasteiger partial charge in [-0.05, 0) is 46.6 Å². The van der Waals surface area contributed by atoms with Crippen molar-refractivity contribution in [2.45, 2.75) is 19.8 Å². The van der Waals surface area contributed by atoms with Crippen molar-refractivity contribution in [3.63, 3.8) is 0 Å². The highest BCUT2D eigenvalue weighted by Crippen LogP contribution is 2.23. The number of aryl methyl sites for hydroxylation is 1. The molecule has 0 aliphatic rings. The van der Waals surface area contributed by atoms with E-state index in [0.717, 1.165) is 18.5 Å². The molecule has 0 unspecified atom stereocenters. The van der Waals surface area contributed by atoms with Crippen LogP contribution in [0.5, 0.6) is 0 Å². The van der Waals surface area contributed by atoms with Gasteiger partial charge in [-0.1, -0.05) is 24.9 Å². The number of benzene rings is 1. The number of rotatable bonds is 3. The molecular weight excluding hydrogens is 319 g/mol. The van der Waals surface area contributed by atoms with Crippen molar-refractivity contribution in [3.8, 4) is 11.4 Å². The third-order valence-corrected chi connectivity index (χ3v) is 3.27. The van der Waals surface area contributed by atoms with Crippen molar-refractivity contribution in [1.82, 2.24) is 9.97 Å². The minimum absolute atomic E-state index is 0.340. The fraction of sp³-hybridized carbons (Fsp3) is 0.231. The molecule has 1 heterocycles. The zero-order chi connectivity index (χ0) is 13.1. The van der Waals surface area contributed by atoms with Crippen molar-refractivity contribution in [2.24, 2.45) is 0 Å². The van der Waals surface area contributed by atoms with Gasteiger partial charge in [0, 0.05) is 11.3 Å². The van der Waals surface area contributed by atoms with E-state index in [9.17, 15) is 4.39 Å². The lowest BCUT2D eigenvalue weighted by molar-refractivity contribution is 0.621. The van der Waals surface area contributed by atoms with Crippen LogP contribution < -0.4 is 0 Å². The van der Waals surface area contributed by atoms with Crippen molar-refractivity contribution in [2.75, 3.05) is 0 Å². The molecule has 0 N–H and O–H groups in total. The number of halogens is 3. The van der Waals surface area contributed by atoms with Gasteiger partial charge in [-0.25, -0.2) is 14.4 Å². The quantitative estimate of drug-likeness (QED) is 0.766. The molecule has 0 aliphatic heterocycles. The lowest BCUT2D eigenvalue weighted by Gasteiger charge is -2.05. The zero-order valence-electron chi connectivity index (χ0n) is 9.75. The third-order valence-electron chi connectivity index (χ3n) is 2.43. The minimum atomic E-state index is -0.340. The van der Waals surface area contributed by atoms with E-state index in [0.29, 0.717) is 21.0 Å². The maximum Gasteiger partial charge on any atom is 0.161 e. The maximum atomic E-state index is 13.5. The van der Waals surface area contributed by atoms with Gasteiger partial charge >= 0.3 is 0 Å². The number of hydrogen-bond donors (Lipinski definition) is 0. The molecule has 0 saturated carbocycles. The maximum absolute atomic E-state index is 13.5. The summed E-state index contributed by atoms with van der Waals surface area (Å²) in [6.07, 6.45) is 1.80. The van der Waals surface area contributed by atoms with E-state index in [1.54, 1.807) is 18.2 Å². The zero-order valence-corrected chi connectivity index (χ0v) is 12.1. The fourth-order valence-electron chi connectivity index (χ4n) is 1.61. The van der Waals surface area contributed by atoms with Crippen LogP contribution in [0.3, 0.4) is 0 Å². The van der Waals surface area contributed by atoms with Gasteiger partial charge in [0.1, 0.15) is 11.0 Å². The smallest absolute Gasteiger partial charge is 0.161 e. The summed E-state index contributed by atoms with van der Waals surface area (Å²) in [7, 11) is 0. The van der Waals surface area contributed by atoms with Crippen molar-refractivity contribution in [3.05, 3.63) is 45.4 Å². The topological polar surface area (TPSA) is 25.8 Å². The van der Waals surface area contributed by atoms with E-state index >= 15 is 0 Å². The Kier molecular flexibility index (Phi) is 4.30. The Morgan fingerprint density at radius 1 is 1.28 bits per heavy atom. The van der Waals surface area contributed by atoms with E-state index in [1.165, 1.54) is 6.07 Å². The molecule has 5 heteroatoms. The first-order valence-electron chi connectivity index (χ1n) is 5.59. The van der Waals surface area contributed by atoms with Gasteiger partial charge in [0.25, 0.3) is 0 Å². The summed E-state index contributed by atoms with van der Waals surface area (Å²) in [6, 6.07) is 6.53. The molecule has 94 valence electrons. The van der Waals surface area contributed by atoms with Crippen LogP contribution in [0.4, 0.5) is 4.39 Å². The number of nitrogens with zero attached hydrogens (tertiary/aromatic N) is 2. The first-order valence-corrected chi connectivity index (χ1v) is 6.76. The van der Waals surface area contributed by atoms with Crippen molar-refractivity contribution in [1.29, 1.82) is 0 Å². The summed E-state index contributed by atoms with van der Waals surface area (Å²) in [5.74, 6) is 0.116. The summed E-state index contributed by atoms with van der Waals surface area (Å²) >= 11 is 9.07.